The van der Waals surface area contributed by atoms with E-state index in [1.165, 1.54) is 4.57 Å². The van der Waals surface area contributed by atoms with E-state index in [0.29, 0.717) is 27.7 Å². The van der Waals surface area contributed by atoms with E-state index in [1.807, 2.05) is 6.07 Å². The molecule has 0 aliphatic carbocycles. The quantitative estimate of drug-likeness (QED) is 0.362. The van der Waals surface area contributed by atoms with Crippen LogP contribution < -0.4 is 11.5 Å². The van der Waals surface area contributed by atoms with Gasteiger partial charge in [0.05, 0.1) is 11.4 Å². The lowest BCUT2D eigenvalue weighted by Gasteiger charge is -2.16. The molecule has 0 spiro atoms. The van der Waals surface area contributed by atoms with Crippen LogP contribution in [0.15, 0.2) is 48.7 Å². The summed E-state index contributed by atoms with van der Waals surface area (Å²) >= 11 is 4.99. The maximum absolute atomic E-state index is 13.0. The largest absolute Gasteiger partial charge is 0.399 e. The second-order valence-electron chi connectivity index (χ2n) is 6.25. The number of halogens is 4. The number of thiocarbonyl (C=S) groups is 1. The Bertz CT molecular complexity index is 976. The zero-order valence-electron chi connectivity index (χ0n) is 14.1. The summed E-state index contributed by atoms with van der Waals surface area (Å²) < 4.78 is 53.6. The van der Waals surface area contributed by atoms with Crippen LogP contribution in [0.3, 0.4) is 0 Å². The van der Waals surface area contributed by atoms with Gasteiger partial charge in [0.15, 0.2) is 0 Å². The van der Waals surface area contributed by atoms with Gasteiger partial charge in [-0.05, 0) is 23.8 Å². The molecular weight excluding hydrogens is 378 g/mol. The van der Waals surface area contributed by atoms with Crippen LogP contribution in [0.25, 0.3) is 22.0 Å². The van der Waals surface area contributed by atoms with Gasteiger partial charge in [-0.2, -0.15) is 0 Å². The van der Waals surface area contributed by atoms with Gasteiger partial charge >= 0.3 is 0 Å². The number of nitrogen functional groups attached to an aromatic ring is 1. The monoisotopic (exact) mass is 395 g/mol. The van der Waals surface area contributed by atoms with E-state index in [1.54, 1.807) is 42.6 Å². The van der Waals surface area contributed by atoms with E-state index in [0.717, 1.165) is 5.56 Å². The number of benzene rings is 2. The molecule has 0 aliphatic rings. The van der Waals surface area contributed by atoms with Crippen molar-refractivity contribution in [2.75, 3.05) is 5.73 Å². The maximum atomic E-state index is 13.0. The first-order chi connectivity index (χ1) is 12.8. The number of alkyl halides is 4. The Labute approximate surface area is 158 Å². The summed E-state index contributed by atoms with van der Waals surface area (Å²) in [5.74, 6) is -2.07. The SMILES string of the molecule is NC(=S)c1cccc(-c2cn(CC(C(F)F)C(F)F)c3cc(N)ccc23)c1. The van der Waals surface area contributed by atoms with Crippen LogP contribution in [0, 0.1) is 5.92 Å². The van der Waals surface area contributed by atoms with Crippen molar-refractivity contribution >= 4 is 33.8 Å². The zero-order valence-corrected chi connectivity index (χ0v) is 14.9. The Kier molecular flexibility index (Phi) is 5.36. The molecule has 0 bridgehead atoms. The minimum atomic E-state index is -3.13. The summed E-state index contributed by atoms with van der Waals surface area (Å²) in [7, 11) is 0. The van der Waals surface area contributed by atoms with Crippen LogP contribution in [0.1, 0.15) is 5.56 Å². The highest BCUT2D eigenvalue weighted by molar-refractivity contribution is 7.80. The number of nitrogens with zero attached hydrogens (tertiary/aromatic N) is 1. The van der Waals surface area contributed by atoms with Crippen molar-refractivity contribution in [1.29, 1.82) is 0 Å². The van der Waals surface area contributed by atoms with E-state index < -0.39 is 25.3 Å². The average Bonchev–Trinajstić information content (AvgIpc) is 2.96. The van der Waals surface area contributed by atoms with Gasteiger partial charge < -0.3 is 16.0 Å². The third kappa shape index (κ3) is 3.90. The number of aromatic nitrogens is 1. The molecule has 0 aliphatic heterocycles. The van der Waals surface area contributed by atoms with Crippen LogP contribution in [0.5, 0.6) is 0 Å². The molecule has 0 saturated carbocycles. The van der Waals surface area contributed by atoms with Gasteiger partial charge in [0.1, 0.15) is 4.99 Å². The highest BCUT2D eigenvalue weighted by atomic mass is 32.1. The fourth-order valence-corrected chi connectivity index (χ4v) is 3.15. The summed E-state index contributed by atoms with van der Waals surface area (Å²) in [5, 5.41) is 0.714. The Hall–Kier alpha value is -2.61. The van der Waals surface area contributed by atoms with Crippen molar-refractivity contribution in [2.45, 2.75) is 19.4 Å². The number of rotatable bonds is 6. The summed E-state index contributed by atoms with van der Waals surface area (Å²) in [4.78, 5) is 0.222. The van der Waals surface area contributed by atoms with Crippen molar-refractivity contribution in [2.24, 2.45) is 11.7 Å². The molecule has 0 unspecified atom stereocenters. The molecule has 3 nitrogen and oxygen atoms in total. The lowest BCUT2D eigenvalue weighted by atomic mass is 10.0. The van der Waals surface area contributed by atoms with Gasteiger partial charge in [-0.1, -0.05) is 36.5 Å². The first kappa shape index (κ1) is 19.2. The van der Waals surface area contributed by atoms with Gasteiger partial charge in [-0.25, -0.2) is 17.6 Å². The lowest BCUT2D eigenvalue weighted by Crippen LogP contribution is -2.25. The Morgan fingerprint density at radius 2 is 1.74 bits per heavy atom. The van der Waals surface area contributed by atoms with Gasteiger partial charge in [-0.15, -0.1) is 0 Å². The van der Waals surface area contributed by atoms with Crippen molar-refractivity contribution in [3.05, 3.63) is 54.2 Å². The predicted octanol–water partition coefficient (Wildman–Crippen LogP) is 4.67. The number of hydrogen-bond donors (Lipinski definition) is 2. The molecule has 2 aromatic carbocycles. The molecule has 1 heterocycles. The number of hydrogen-bond acceptors (Lipinski definition) is 2. The van der Waals surface area contributed by atoms with Gasteiger partial charge in [-0.3, -0.25) is 0 Å². The van der Waals surface area contributed by atoms with E-state index in [9.17, 15) is 17.6 Å². The van der Waals surface area contributed by atoms with Crippen molar-refractivity contribution in [3.63, 3.8) is 0 Å². The highest BCUT2D eigenvalue weighted by Crippen LogP contribution is 2.34. The fourth-order valence-electron chi connectivity index (χ4n) is 3.03. The van der Waals surface area contributed by atoms with Crippen molar-refractivity contribution in [3.8, 4) is 11.1 Å². The number of nitrogens with two attached hydrogens (primary N) is 2. The summed E-state index contributed by atoms with van der Waals surface area (Å²) in [6.07, 6.45) is -4.68. The second-order valence-corrected chi connectivity index (χ2v) is 6.69. The first-order valence-corrected chi connectivity index (χ1v) is 8.53. The zero-order chi connectivity index (χ0) is 19.7. The van der Waals surface area contributed by atoms with E-state index >= 15 is 0 Å². The number of fused-ring (bicyclic) bond motifs is 1. The van der Waals surface area contributed by atoms with Crippen LogP contribution in [-0.2, 0) is 6.54 Å². The molecular formula is C19H17F4N3S. The molecule has 0 amide bonds. The Morgan fingerprint density at radius 3 is 2.37 bits per heavy atom. The average molecular weight is 395 g/mol. The molecule has 0 fully saturated rings. The van der Waals surface area contributed by atoms with Crippen LogP contribution in [-0.4, -0.2) is 22.4 Å². The molecule has 3 rings (SSSR count). The summed E-state index contributed by atoms with van der Waals surface area (Å²) in [5.41, 5.74) is 14.5. The highest BCUT2D eigenvalue weighted by Gasteiger charge is 2.31. The standard InChI is InChI=1S/C19H17F4N3S/c20-17(21)15(18(22)23)9-26-8-14(13-5-4-12(24)7-16(13)26)10-2-1-3-11(6-10)19(25)27/h1-8,15,17-18H,9,24H2,(H2,25,27). The minimum absolute atomic E-state index is 0.222. The van der Waals surface area contributed by atoms with E-state index in [2.05, 4.69) is 0 Å². The van der Waals surface area contributed by atoms with Gasteiger partial charge in [0.2, 0.25) is 12.9 Å². The minimum Gasteiger partial charge on any atom is -0.399 e. The van der Waals surface area contributed by atoms with E-state index in [4.69, 9.17) is 23.7 Å². The Morgan fingerprint density at radius 1 is 1.04 bits per heavy atom. The summed E-state index contributed by atoms with van der Waals surface area (Å²) in [6, 6.07) is 12.1. The predicted molar refractivity (Wildman–Crippen MR) is 103 cm³/mol. The van der Waals surface area contributed by atoms with Crippen LogP contribution in [0.4, 0.5) is 23.2 Å². The van der Waals surface area contributed by atoms with Crippen LogP contribution >= 0.6 is 12.2 Å². The maximum Gasteiger partial charge on any atom is 0.248 e. The number of anilines is 1. The molecule has 1 aromatic heterocycles. The van der Waals surface area contributed by atoms with Gasteiger partial charge in [0.25, 0.3) is 0 Å². The molecule has 0 saturated heterocycles. The van der Waals surface area contributed by atoms with Crippen LogP contribution in [0.2, 0.25) is 0 Å². The molecule has 0 radical (unpaired) electrons. The molecule has 4 N–H and O–H groups in total. The first-order valence-electron chi connectivity index (χ1n) is 8.13. The molecule has 8 heteroatoms. The molecule has 3 aromatic rings. The molecule has 142 valence electrons. The summed E-state index contributed by atoms with van der Waals surface area (Å²) in [6.45, 7) is -0.524. The third-order valence-electron chi connectivity index (χ3n) is 4.42. The van der Waals surface area contributed by atoms with Crippen molar-refractivity contribution in [1.82, 2.24) is 4.57 Å². The third-order valence-corrected chi connectivity index (χ3v) is 4.65. The molecule has 27 heavy (non-hydrogen) atoms. The smallest absolute Gasteiger partial charge is 0.248 e. The van der Waals surface area contributed by atoms with E-state index in [-0.39, 0.29) is 4.99 Å². The molecule has 0 atom stereocenters. The second kappa shape index (κ2) is 7.56. The lowest BCUT2D eigenvalue weighted by molar-refractivity contribution is -0.0339. The normalized spacial score (nSPS) is 11.8. The fraction of sp³-hybridized carbons (Fsp3) is 0.211. The van der Waals surface area contributed by atoms with Crippen molar-refractivity contribution < 1.29 is 17.6 Å². The Balaban J connectivity index is 2.15. The topological polar surface area (TPSA) is 57.0 Å². The van der Waals surface area contributed by atoms with Gasteiger partial charge in [0, 0.05) is 34.9 Å².